The van der Waals surface area contributed by atoms with Crippen molar-refractivity contribution in [1.82, 2.24) is 14.5 Å². The Kier molecular flexibility index (Phi) is 4.41. The van der Waals surface area contributed by atoms with Crippen LogP contribution in [0.4, 0.5) is 5.69 Å². The molecule has 3 aromatic carbocycles. The third-order valence-electron chi connectivity index (χ3n) is 5.06. The maximum absolute atomic E-state index is 12.7. The van der Waals surface area contributed by atoms with Crippen LogP contribution in [-0.4, -0.2) is 20.4 Å². The van der Waals surface area contributed by atoms with Gasteiger partial charge in [0.25, 0.3) is 5.91 Å². The molecule has 2 heterocycles. The molecule has 30 heavy (non-hydrogen) atoms. The fourth-order valence-electron chi connectivity index (χ4n) is 3.49. The summed E-state index contributed by atoms with van der Waals surface area (Å²) in [6.07, 6.45) is 3.91. The van der Waals surface area contributed by atoms with Gasteiger partial charge in [-0.1, -0.05) is 12.1 Å². The predicted molar refractivity (Wildman–Crippen MR) is 120 cm³/mol. The molecular formula is C25H20N4O. The highest BCUT2D eigenvalue weighted by atomic mass is 16.1. The van der Waals surface area contributed by atoms with Crippen molar-refractivity contribution >= 4 is 22.6 Å². The van der Waals surface area contributed by atoms with E-state index in [2.05, 4.69) is 34.3 Å². The molecule has 5 rings (SSSR count). The summed E-state index contributed by atoms with van der Waals surface area (Å²) in [5.74, 6) is 0.670. The van der Waals surface area contributed by atoms with Crippen molar-refractivity contribution in [2.45, 2.75) is 6.92 Å². The number of H-pyrrole nitrogens is 1. The highest BCUT2D eigenvalue weighted by Gasteiger charge is 2.09. The van der Waals surface area contributed by atoms with E-state index in [1.807, 2.05) is 83.7 Å². The molecular weight excluding hydrogens is 372 g/mol. The number of rotatable bonds is 4. The van der Waals surface area contributed by atoms with Crippen LogP contribution in [0.1, 0.15) is 15.9 Å². The van der Waals surface area contributed by atoms with E-state index in [0.29, 0.717) is 5.56 Å². The van der Waals surface area contributed by atoms with Crippen LogP contribution in [0.5, 0.6) is 0 Å². The molecule has 5 heteroatoms. The van der Waals surface area contributed by atoms with Gasteiger partial charge in [-0.25, -0.2) is 4.98 Å². The van der Waals surface area contributed by atoms with E-state index in [1.54, 1.807) is 0 Å². The number of nitrogens with zero attached hydrogens (tertiary/aromatic N) is 2. The SMILES string of the molecule is Cc1ccc2nc(-c3ccc(NC(=O)c4cccc(-n5cccc5)c4)cc3)[nH]c2c1. The normalized spacial score (nSPS) is 11.0. The van der Waals surface area contributed by atoms with E-state index in [9.17, 15) is 4.79 Å². The number of hydrogen-bond acceptors (Lipinski definition) is 2. The Hall–Kier alpha value is -4.12. The molecule has 2 aromatic heterocycles. The van der Waals surface area contributed by atoms with Gasteiger partial charge in [0.15, 0.2) is 0 Å². The number of anilines is 1. The first-order valence-corrected chi connectivity index (χ1v) is 9.77. The molecule has 0 saturated heterocycles. The summed E-state index contributed by atoms with van der Waals surface area (Å²) in [4.78, 5) is 20.7. The van der Waals surface area contributed by atoms with Gasteiger partial charge >= 0.3 is 0 Å². The lowest BCUT2D eigenvalue weighted by molar-refractivity contribution is 0.102. The van der Waals surface area contributed by atoms with Gasteiger partial charge in [-0.15, -0.1) is 0 Å². The lowest BCUT2D eigenvalue weighted by atomic mass is 10.1. The highest BCUT2D eigenvalue weighted by molar-refractivity contribution is 6.04. The average molecular weight is 392 g/mol. The highest BCUT2D eigenvalue weighted by Crippen LogP contribution is 2.23. The van der Waals surface area contributed by atoms with Crippen LogP contribution in [0, 0.1) is 6.92 Å². The van der Waals surface area contributed by atoms with E-state index in [0.717, 1.165) is 33.8 Å². The molecule has 2 N–H and O–H groups in total. The van der Waals surface area contributed by atoms with Crippen LogP contribution in [-0.2, 0) is 0 Å². The Morgan fingerprint density at radius 3 is 2.53 bits per heavy atom. The zero-order valence-electron chi connectivity index (χ0n) is 16.5. The van der Waals surface area contributed by atoms with Crippen LogP contribution in [0.25, 0.3) is 28.1 Å². The van der Waals surface area contributed by atoms with Crippen molar-refractivity contribution in [1.29, 1.82) is 0 Å². The number of fused-ring (bicyclic) bond motifs is 1. The minimum Gasteiger partial charge on any atom is -0.338 e. The average Bonchev–Trinajstić information content (AvgIpc) is 3.44. The molecule has 0 aliphatic heterocycles. The van der Waals surface area contributed by atoms with Gasteiger partial charge in [-0.05, 0) is 79.2 Å². The second-order valence-electron chi connectivity index (χ2n) is 7.28. The van der Waals surface area contributed by atoms with Gasteiger partial charge in [0.2, 0.25) is 0 Å². The second kappa shape index (κ2) is 7.37. The monoisotopic (exact) mass is 392 g/mol. The van der Waals surface area contributed by atoms with Crippen LogP contribution in [0.15, 0.2) is 91.3 Å². The van der Waals surface area contributed by atoms with Crippen molar-refractivity contribution < 1.29 is 4.79 Å². The number of hydrogen-bond donors (Lipinski definition) is 2. The summed E-state index contributed by atoms with van der Waals surface area (Å²) >= 11 is 0. The van der Waals surface area contributed by atoms with Gasteiger partial charge in [0.05, 0.1) is 11.0 Å². The van der Waals surface area contributed by atoms with Crippen LogP contribution < -0.4 is 5.32 Å². The molecule has 0 fully saturated rings. The summed E-state index contributed by atoms with van der Waals surface area (Å²) in [6, 6.07) is 25.3. The molecule has 1 amide bonds. The van der Waals surface area contributed by atoms with Crippen molar-refractivity contribution in [3.63, 3.8) is 0 Å². The van der Waals surface area contributed by atoms with Crippen molar-refractivity contribution in [3.8, 4) is 17.1 Å². The number of imidazole rings is 1. The summed E-state index contributed by atoms with van der Waals surface area (Å²) in [5.41, 5.74) is 6.41. The summed E-state index contributed by atoms with van der Waals surface area (Å²) in [5, 5.41) is 2.96. The molecule has 0 unspecified atom stereocenters. The standard InChI is InChI=1S/C25H20N4O/c1-17-7-12-22-23(15-17)28-24(27-22)18-8-10-20(11-9-18)26-25(30)19-5-4-6-21(16-19)29-13-2-3-14-29/h2-16H,1H3,(H,26,30)(H,27,28). The van der Waals surface area contributed by atoms with E-state index >= 15 is 0 Å². The quantitative estimate of drug-likeness (QED) is 0.419. The van der Waals surface area contributed by atoms with Crippen LogP contribution in [0.3, 0.4) is 0 Å². The zero-order chi connectivity index (χ0) is 20.5. The van der Waals surface area contributed by atoms with Gasteiger partial charge in [-0.2, -0.15) is 0 Å². The zero-order valence-corrected chi connectivity index (χ0v) is 16.5. The topological polar surface area (TPSA) is 62.7 Å². The van der Waals surface area contributed by atoms with E-state index in [1.165, 1.54) is 5.56 Å². The van der Waals surface area contributed by atoms with Crippen molar-refractivity contribution in [3.05, 3.63) is 102 Å². The Labute approximate surface area is 174 Å². The number of amides is 1. The van der Waals surface area contributed by atoms with Gasteiger partial charge in [0, 0.05) is 34.9 Å². The summed E-state index contributed by atoms with van der Waals surface area (Å²) in [7, 11) is 0. The third-order valence-corrected chi connectivity index (χ3v) is 5.06. The molecule has 0 saturated carbocycles. The second-order valence-corrected chi connectivity index (χ2v) is 7.28. The van der Waals surface area contributed by atoms with E-state index < -0.39 is 0 Å². The lowest BCUT2D eigenvalue weighted by Gasteiger charge is -2.08. The van der Waals surface area contributed by atoms with E-state index in [4.69, 9.17) is 0 Å². The predicted octanol–water partition coefficient (Wildman–Crippen LogP) is 5.58. The Morgan fingerprint density at radius 1 is 0.933 bits per heavy atom. The Morgan fingerprint density at radius 2 is 1.73 bits per heavy atom. The molecule has 0 aliphatic carbocycles. The molecule has 0 radical (unpaired) electrons. The number of nitrogens with one attached hydrogen (secondary N) is 2. The van der Waals surface area contributed by atoms with Crippen molar-refractivity contribution in [2.75, 3.05) is 5.32 Å². The number of aryl methyl sites for hydroxylation is 1. The molecule has 146 valence electrons. The maximum Gasteiger partial charge on any atom is 0.255 e. The van der Waals surface area contributed by atoms with Gasteiger partial charge in [0.1, 0.15) is 5.82 Å². The summed E-state index contributed by atoms with van der Waals surface area (Å²) < 4.78 is 1.97. The minimum atomic E-state index is -0.143. The maximum atomic E-state index is 12.7. The fraction of sp³-hybridized carbons (Fsp3) is 0.0400. The number of carbonyl (C=O) groups is 1. The first-order chi connectivity index (χ1) is 14.7. The Bertz CT molecular complexity index is 1330. The van der Waals surface area contributed by atoms with Gasteiger partial charge in [-0.3, -0.25) is 4.79 Å². The van der Waals surface area contributed by atoms with E-state index in [-0.39, 0.29) is 5.91 Å². The largest absolute Gasteiger partial charge is 0.338 e. The number of aromatic nitrogens is 3. The molecule has 5 aromatic rings. The molecule has 0 aliphatic rings. The summed E-state index contributed by atoms with van der Waals surface area (Å²) in [6.45, 7) is 2.06. The molecule has 0 spiro atoms. The fourth-order valence-corrected chi connectivity index (χ4v) is 3.49. The molecule has 5 nitrogen and oxygen atoms in total. The van der Waals surface area contributed by atoms with Crippen LogP contribution in [0.2, 0.25) is 0 Å². The number of aromatic amines is 1. The first-order valence-electron chi connectivity index (χ1n) is 9.77. The minimum absolute atomic E-state index is 0.143. The number of carbonyl (C=O) groups excluding carboxylic acids is 1. The third kappa shape index (κ3) is 3.49. The van der Waals surface area contributed by atoms with Crippen LogP contribution >= 0.6 is 0 Å². The molecule has 0 atom stereocenters. The first kappa shape index (κ1) is 17.9. The smallest absolute Gasteiger partial charge is 0.255 e. The number of benzene rings is 3. The van der Waals surface area contributed by atoms with Gasteiger partial charge < -0.3 is 14.9 Å². The van der Waals surface area contributed by atoms with Crippen molar-refractivity contribution in [2.24, 2.45) is 0 Å². The Balaban J connectivity index is 1.34. The lowest BCUT2D eigenvalue weighted by Crippen LogP contribution is -2.12. The molecule has 0 bridgehead atoms.